The third-order valence-electron chi connectivity index (χ3n) is 8.25. The zero-order valence-corrected chi connectivity index (χ0v) is 25.8. The number of fused-ring (bicyclic) bond motifs is 2. The molecule has 238 valence electrons. The van der Waals surface area contributed by atoms with Gasteiger partial charge in [0, 0.05) is 47.0 Å². The van der Waals surface area contributed by atoms with Crippen LogP contribution in [-0.4, -0.2) is 98.4 Å². The number of carbonyl (C=O) groups is 1. The zero-order chi connectivity index (χ0) is 30.9. The van der Waals surface area contributed by atoms with Crippen LogP contribution in [0.15, 0.2) is 48.6 Å². The average Bonchev–Trinajstić information content (AvgIpc) is 2.94. The van der Waals surface area contributed by atoms with E-state index >= 15 is 0 Å². The van der Waals surface area contributed by atoms with Gasteiger partial charge in [-0.05, 0) is 39.7 Å². The van der Waals surface area contributed by atoms with Gasteiger partial charge in [-0.3, -0.25) is 4.79 Å². The first-order valence-corrected chi connectivity index (χ1v) is 14.8. The molecular weight excluding hydrogens is 544 g/mol. The Morgan fingerprint density at radius 3 is 2.50 bits per heavy atom. The van der Waals surface area contributed by atoms with E-state index in [0.29, 0.717) is 19.3 Å². The number of unbranched alkanes of at least 4 members (excludes halogenated alkanes) is 1. The van der Waals surface area contributed by atoms with Gasteiger partial charge in [-0.25, -0.2) is 0 Å². The van der Waals surface area contributed by atoms with Crippen molar-refractivity contribution < 1.29 is 48.2 Å². The third kappa shape index (κ3) is 9.06. The van der Waals surface area contributed by atoms with E-state index in [1.54, 1.807) is 21.0 Å². The van der Waals surface area contributed by atoms with Crippen molar-refractivity contribution >= 4 is 5.97 Å². The van der Waals surface area contributed by atoms with Crippen LogP contribution in [0.5, 0.6) is 0 Å². The summed E-state index contributed by atoms with van der Waals surface area (Å²) >= 11 is 0. The molecule has 3 aliphatic heterocycles. The number of allylic oxidation sites excluding steroid dienone is 4. The van der Waals surface area contributed by atoms with Gasteiger partial charge in [0.25, 0.3) is 0 Å². The van der Waals surface area contributed by atoms with Crippen molar-refractivity contribution in [1.29, 1.82) is 0 Å². The van der Waals surface area contributed by atoms with Gasteiger partial charge >= 0.3 is 5.97 Å². The minimum Gasteiger partial charge on any atom is -0.457 e. The Balaban J connectivity index is 1.86. The summed E-state index contributed by atoms with van der Waals surface area (Å²) in [5.74, 6) is -3.44. The Labute approximate surface area is 250 Å². The molecule has 0 radical (unpaired) electrons. The highest BCUT2D eigenvalue weighted by Gasteiger charge is 2.51. The van der Waals surface area contributed by atoms with Crippen LogP contribution in [0.2, 0.25) is 0 Å². The first-order chi connectivity index (χ1) is 20.0. The minimum absolute atomic E-state index is 0.00368. The molecule has 0 saturated carbocycles. The summed E-state index contributed by atoms with van der Waals surface area (Å²) in [5, 5.41) is 22.3. The molecular formula is C32H50O10. The molecule has 0 amide bonds. The van der Waals surface area contributed by atoms with E-state index in [1.165, 1.54) is 14.2 Å². The Kier molecular flexibility index (Phi) is 13.4. The standard InChI is InChI=1S/C32H50O10/c1-8-9-10-11-12-13-14-23-15-20(2)16-24(36-5)17-25-18-26(19-32(35,42-25)21(3)30(34)40-23)41-31-29(38-7)28(37-6)27(33)22(4)39-31/h8,11-14,16,21-29,31,33,35H,1,9-10,15,17-19H2,2-7H3/b12-11+,14-13+,20-16+/t21-,22+,23-,24-,25+,26-,27+,28-,29-,31+,32+/m1/s1. The van der Waals surface area contributed by atoms with Crippen LogP contribution in [0.25, 0.3) is 0 Å². The smallest absolute Gasteiger partial charge is 0.314 e. The molecule has 3 aliphatic rings. The van der Waals surface area contributed by atoms with Gasteiger partial charge in [0.15, 0.2) is 12.1 Å². The molecule has 0 aromatic rings. The molecule has 10 nitrogen and oxygen atoms in total. The molecule has 3 heterocycles. The summed E-state index contributed by atoms with van der Waals surface area (Å²) < 4.78 is 41.4. The number of cyclic esters (lactones) is 1. The van der Waals surface area contributed by atoms with E-state index in [4.69, 9.17) is 33.2 Å². The number of aliphatic hydroxyl groups excluding tert-OH is 1. The van der Waals surface area contributed by atoms with Gasteiger partial charge in [0.05, 0.1) is 24.4 Å². The van der Waals surface area contributed by atoms with E-state index in [-0.39, 0.29) is 12.5 Å². The van der Waals surface area contributed by atoms with E-state index in [9.17, 15) is 15.0 Å². The lowest BCUT2D eigenvalue weighted by Crippen LogP contribution is -2.60. The summed E-state index contributed by atoms with van der Waals surface area (Å²) in [4.78, 5) is 13.4. The van der Waals surface area contributed by atoms with E-state index in [2.05, 4.69) is 6.58 Å². The number of aliphatic hydroxyl groups is 2. The second-order valence-corrected chi connectivity index (χ2v) is 11.5. The monoisotopic (exact) mass is 594 g/mol. The lowest BCUT2D eigenvalue weighted by molar-refractivity contribution is -0.343. The third-order valence-corrected chi connectivity index (χ3v) is 8.25. The maximum absolute atomic E-state index is 13.4. The molecule has 0 aromatic heterocycles. The molecule has 2 fully saturated rings. The summed E-state index contributed by atoms with van der Waals surface area (Å²) in [6.07, 6.45) is 9.05. The van der Waals surface area contributed by atoms with Gasteiger partial charge in [-0.1, -0.05) is 36.0 Å². The maximum Gasteiger partial charge on any atom is 0.314 e. The Hall–Kier alpha value is -1.89. The van der Waals surface area contributed by atoms with Crippen molar-refractivity contribution in [3.05, 3.63) is 48.6 Å². The van der Waals surface area contributed by atoms with Crippen LogP contribution >= 0.6 is 0 Å². The first-order valence-electron chi connectivity index (χ1n) is 14.8. The molecule has 2 N–H and O–H groups in total. The van der Waals surface area contributed by atoms with Crippen LogP contribution < -0.4 is 0 Å². The fourth-order valence-electron chi connectivity index (χ4n) is 5.77. The molecule has 0 aromatic carbocycles. The minimum atomic E-state index is -1.86. The maximum atomic E-state index is 13.4. The van der Waals surface area contributed by atoms with E-state index < -0.39 is 66.7 Å². The summed E-state index contributed by atoms with van der Waals surface area (Å²) in [6, 6.07) is 0. The Morgan fingerprint density at radius 2 is 1.83 bits per heavy atom. The summed E-state index contributed by atoms with van der Waals surface area (Å²) in [5.41, 5.74) is 1.00. The quantitative estimate of drug-likeness (QED) is 0.167. The fourth-order valence-corrected chi connectivity index (χ4v) is 5.77. The number of hydrogen-bond acceptors (Lipinski definition) is 10. The van der Waals surface area contributed by atoms with E-state index in [1.807, 2.05) is 43.4 Å². The number of carbonyl (C=O) groups excluding carboxylic acids is 1. The van der Waals surface area contributed by atoms with Gasteiger partial charge < -0.3 is 43.4 Å². The number of esters is 1. The van der Waals surface area contributed by atoms with Crippen LogP contribution in [0.3, 0.4) is 0 Å². The molecule has 11 atom stereocenters. The molecule has 2 bridgehead atoms. The van der Waals surface area contributed by atoms with Crippen molar-refractivity contribution in [2.24, 2.45) is 5.92 Å². The number of methoxy groups -OCH3 is 3. The Morgan fingerprint density at radius 1 is 1.10 bits per heavy atom. The van der Waals surface area contributed by atoms with Crippen molar-refractivity contribution in [3.8, 4) is 0 Å². The van der Waals surface area contributed by atoms with Crippen LogP contribution in [0.4, 0.5) is 0 Å². The van der Waals surface area contributed by atoms with Crippen LogP contribution in [-0.2, 0) is 38.0 Å². The molecule has 0 spiro atoms. The van der Waals surface area contributed by atoms with Gasteiger partial charge in [-0.15, -0.1) is 6.58 Å². The average molecular weight is 595 g/mol. The number of rotatable bonds is 10. The Bertz CT molecular complexity index is 963. The first kappa shape index (κ1) is 34.6. The zero-order valence-electron chi connectivity index (χ0n) is 25.8. The second kappa shape index (κ2) is 16.3. The normalized spacial score (nSPS) is 41.5. The molecule has 0 unspecified atom stereocenters. The van der Waals surface area contributed by atoms with Crippen molar-refractivity contribution in [3.63, 3.8) is 0 Å². The topological polar surface area (TPSA) is 122 Å². The predicted molar refractivity (Wildman–Crippen MR) is 156 cm³/mol. The number of hydrogen-bond donors (Lipinski definition) is 2. The predicted octanol–water partition coefficient (Wildman–Crippen LogP) is 3.76. The van der Waals surface area contributed by atoms with Crippen molar-refractivity contribution in [2.45, 2.75) is 120 Å². The van der Waals surface area contributed by atoms with Crippen LogP contribution in [0, 0.1) is 5.92 Å². The van der Waals surface area contributed by atoms with Gasteiger partial charge in [0.2, 0.25) is 0 Å². The fraction of sp³-hybridized carbons (Fsp3) is 0.719. The largest absolute Gasteiger partial charge is 0.457 e. The highest BCUT2D eigenvalue weighted by molar-refractivity contribution is 5.73. The number of ether oxygens (including phenoxy) is 7. The lowest BCUT2D eigenvalue weighted by atomic mass is 9.87. The van der Waals surface area contributed by atoms with Crippen molar-refractivity contribution in [2.75, 3.05) is 21.3 Å². The molecule has 0 aliphatic carbocycles. The molecule has 10 heteroatoms. The molecule has 3 rings (SSSR count). The second-order valence-electron chi connectivity index (χ2n) is 11.5. The summed E-state index contributed by atoms with van der Waals surface area (Å²) in [6.45, 7) is 9.05. The van der Waals surface area contributed by atoms with Gasteiger partial charge in [-0.2, -0.15) is 0 Å². The lowest BCUT2D eigenvalue weighted by Gasteiger charge is -2.47. The summed E-state index contributed by atoms with van der Waals surface area (Å²) in [7, 11) is 4.63. The van der Waals surface area contributed by atoms with E-state index in [0.717, 1.165) is 18.4 Å². The SMILES string of the molecule is C=CCC/C=C/C=C/[C@@H]1C/C(C)=C/[C@@H](OC)C[C@H]2C[C@@H](O[C@@H]3O[C@@H](C)[C@H](O)[C@@H](OC)[C@H]3OC)C[C@](O)(O2)[C@H](C)C(=O)O1. The highest BCUT2D eigenvalue weighted by Crippen LogP contribution is 2.39. The van der Waals surface area contributed by atoms with Crippen LogP contribution in [0.1, 0.15) is 59.3 Å². The van der Waals surface area contributed by atoms with Crippen molar-refractivity contribution in [1.82, 2.24) is 0 Å². The molecule has 42 heavy (non-hydrogen) atoms. The highest BCUT2D eigenvalue weighted by atomic mass is 16.7. The van der Waals surface area contributed by atoms with Gasteiger partial charge in [0.1, 0.15) is 30.3 Å². The molecule has 2 saturated heterocycles.